The quantitative estimate of drug-likeness (QED) is 0.797. The zero-order valence-corrected chi connectivity index (χ0v) is 13.2. The zero-order valence-electron chi connectivity index (χ0n) is 11.0. The highest BCUT2D eigenvalue weighted by molar-refractivity contribution is 14.1. The molecule has 0 aliphatic rings. The van der Waals surface area contributed by atoms with E-state index in [4.69, 9.17) is 0 Å². The fourth-order valence-corrected chi connectivity index (χ4v) is 2.34. The summed E-state index contributed by atoms with van der Waals surface area (Å²) in [6.07, 6.45) is 1.52. The van der Waals surface area contributed by atoms with Gasteiger partial charge in [0.1, 0.15) is 5.82 Å². The number of aromatic nitrogens is 1. The van der Waals surface area contributed by atoms with Crippen molar-refractivity contribution in [2.45, 2.75) is 6.92 Å². The lowest BCUT2D eigenvalue weighted by atomic mass is 10.2. The van der Waals surface area contributed by atoms with Gasteiger partial charge < -0.3 is 10.6 Å². The van der Waals surface area contributed by atoms with Gasteiger partial charge in [0.2, 0.25) is 0 Å². The molecule has 2 aromatic rings. The Kier molecular flexibility index (Phi) is 4.53. The Labute approximate surface area is 129 Å². The number of benzene rings is 1. The van der Waals surface area contributed by atoms with Gasteiger partial charge in [-0.15, -0.1) is 0 Å². The predicted molar refractivity (Wildman–Crippen MR) is 85.6 cm³/mol. The zero-order chi connectivity index (χ0) is 14.7. The number of pyridine rings is 1. The molecule has 0 aliphatic heterocycles. The van der Waals surface area contributed by atoms with Crippen molar-refractivity contribution < 1.29 is 9.18 Å². The summed E-state index contributed by atoms with van der Waals surface area (Å²) in [7, 11) is 1.74. The predicted octanol–water partition coefficient (Wildman–Crippen LogP) is 3.43. The number of amides is 1. The molecule has 0 bridgehead atoms. The van der Waals surface area contributed by atoms with Crippen LogP contribution in [0.15, 0.2) is 30.5 Å². The lowest BCUT2D eigenvalue weighted by molar-refractivity contribution is 0.102. The second kappa shape index (κ2) is 6.17. The van der Waals surface area contributed by atoms with E-state index in [1.54, 1.807) is 13.1 Å². The summed E-state index contributed by atoms with van der Waals surface area (Å²) >= 11 is 1.98. The number of carbonyl (C=O) groups excluding carboxylic acids is 1. The molecule has 1 heterocycles. The Morgan fingerprint density at radius 2 is 2.05 bits per heavy atom. The third kappa shape index (κ3) is 3.24. The molecule has 20 heavy (non-hydrogen) atoms. The van der Waals surface area contributed by atoms with Gasteiger partial charge in [-0.05, 0) is 53.8 Å². The third-order valence-electron chi connectivity index (χ3n) is 2.73. The molecule has 0 spiro atoms. The molecule has 6 heteroatoms. The van der Waals surface area contributed by atoms with Crippen LogP contribution in [0.3, 0.4) is 0 Å². The smallest absolute Gasteiger partial charge is 0.259 e. The maximum Gasteiger partial charge on any atom is 0.259 e. The number of aryl methyl sites for hydroxylation is 1. The summed E-state index contributed by atoms with van der Waals surface area (Å²) in [4.78, 5) is 16.4. The monoisotopic (exact) mass is 385 g/mol. The van der Waals surface area contributed by atoms with Crippen molar-refractivity contribution in [2.24, 2.45) is 0 Å². The van der Waals surface area contributed by atoms with Crippen LogP contribution in [0.5, 0.6) is 0 Å². The van der Waals surface area contributed by atoms with Gasteiger partial charge in [0, 0.05) is 22.5 Å². The van der Waals surface area contributed by atoms with E-state index in [0.717, 1.165) is 5.69 Å². The Balaban J connectivity index is 2.28. The van der Waals surface area contributed by atoms with Gasteiger partial charge >= 0.3 is 0 Å². The number of rotatable bonds is 3. The van der Waals surface area contributed by atoms with Gasteiger partial charge in [-0.2, -0.15) is 0 Å². The van der Waals surface area contributed by atoms with Crippen molar-refractivity contribution in [1.82, 2.24) is 4.98 Å². The van der Waals surface area contributed by atoms with Crippen LogP contribution in [-0.4, -0.2) is 17.9 Å². The van der Waals surface area contributed by atoms with E-state index < -0.39 is 0 Å². The maximum absolute atomic E-state index is 13.0. The van der Waals surface area contributed by atoms with Gasteiger partial charge in [0.05, 0.1) is 16.9 Å². The van der Waals surface area contributed by atoms with E-state index >= 15 is 0 Å². The molecular formula is C14H13FIN3O. The summed E-state index contributed by atoms with van der Waals surface area (Å²) < 4.78 is 13.7. The van der Waals surface area contributed by atoms with E-state index in [1.165, 1.54) is 24.4 Å². The minimum absolute atomic E-state index is 0.286. The van der Waals surface area contributed by atoms with Gasteiger partial charge in [0.15, 0.2) is 0 Å². The first kappa shape index (κ1) is 14.7. The van der Waals surface area contributed by atoms with Crippen molar-refractivity contribution in [3.8, 4) is 0 Å². The van der Waals surface area contributed by atoms with Crippen LogP contribution in [0.4, 0.5) is 15.8 Å². The average Bonchev–Trinajstić information content (AvgIpc) is 2.41. The molecule has 2 rings (SSSR count). The van der Waals surface area contributed by atoms with Gasteiger partial charge in [-0.25, -0.2) is 4.39 Å². The number of nitrogens with zero attached hydrogens (tertiary/aromatic N) is 1. The topological polar surface area (TPSA) is 54.0 Å². The number of halogens is 2. The van der Waals surface area contributed by atoms with Crippen LogP contribution < -0.4 is 10.6 Å². The van der Waals surface area contributed by atoms with E-state index in [9.17, 15) is 9.18 Å². The highest BCUT2D eigenvalue weighted by Crippen LogP contribution is 2.21. The molecule has 104 valence electrons. The molecule has 1 aromatic heterocycles. The van der Waals surface area contributed by atoms with Crippen molar-refractivity contribution in [1.29, 1.82) is 0 Å². The first-order chi connectivity index (χ1) is 9.51. The van der Waals surface area contributed by atoms with Gasteiger partial charge in [0.25, 0.3) is 5.91 Å². The molecule has 0 aliphatic carbocycles. The largest absolute Gasteiger partial charge is 0.387 e. The first-order valence-corrected chi connectivity index (χ1v) is 7.00. The second-order valence-electron chi connectivity index (χ2n) is 4.20. The number of nitrogens with one attached hydrogen (secondary N) is 2. The van der Waals surface area contributed by atoms with Crippen LogP contribution in [-0.2, 0) is 0 Å². The fraction of sp³-hybridized carbons (Fsp3) is 0.143. The van der Waals surface area contributed by atoms with Gasteiger partial charge in [-0.1, -0.05) is 0 Å². The summed E-state index contributed by atoms with van der Waals surface area (Å²) in [5.41, 5.74) is 2.53. The maximum atomic E-state index is 13.0. The molecule has 0 saturated carbocycles. The lowest BCUT2D eigenvalue weighted by Crippen LogP contribution is -2.15. The van der Waals surface area contributed by atoms with Crippen LogP contribution in [0, 0.1) is 16.3 Å². The Bertz CT molecular complexity index is 661. The number of carbonyl (C=O) groups is 1. The SMILES string of the molecule is CNc1cc(C)ncc1C(=O)Nc1ccc(F)cc1I. The minimum Gasteiger partial charge on any atom is -0.387 e. The Hall–Kier alpha value is -1.70. The molecule has 1 amide bonds. The third-order valence-corrected chi connectivity index (χ3v) is 3.63. The molecule has 0 unspecified atom stereocenters. The van der Waals surface area contributed by atoms with E-state index in [1.807, 2.05) is 29.5 Å². The second-order valence-corrected chi connectivity index (χ2v) is 5.36. The van der Waals surface area contributed by atoms with E-state index in [-0.39, 0.29) is 11.7 Å². The molecule has 0 radical (unpaired) electrons. The summed E-state index contributed by atoms with van der Waals surface area (Å²) in [6.45, 7) is 1.85. The van der Waals surface area contributed by atoms with Crippen molar-refractivity contribution in [3.05, 3.63) is 51.1 Å². The number of hydrogen-bond donors (Lipinski definition) is 2. The van der Waals surface area contributed by atoms with Gasteiger partial charge in [-0.3, -0.25) is 9.78 Å². The van der Waals surface area contributed by atoms with Crippen molar-refractivity contribution in [3.63, 3.8) is 0 Å². The van der Waals surface area contributed by atoms with Crippen LogP contribution in [0.25, 0.3) is 0 Å². The lowest BCUT2D eigenvalue weighted by Gasteiger charge is -2.11. The summed E-state index contributed by atoms with van der Waals surface area (Å²) in [6, 6.07) is 6.01. The standard InChI is InChI=1S/C14H13FIN3O/c1-8-5-13(17-2)10(7-18-8)14(20)19-12-4-3-9(15)6-11(12)16/h3-7H,1-2H3,(H,17,18)(H,19,20). The van der Waals surface area contributed by atoms with E-state index in [2.05, 4.69) is 15.6 Å². The molecule has 2 N–H and O–H groups in total. The Morgan fingerprint density at radius 3 is 2.70 bits per heavy atom. The van der Waals surface area contributed by atoms with Crippen LogP contribution in [0.2, 0.25) is 0 Å². The highest BCUT2D eigenvalue weighted by Gasteiger charge is 2.13. The minimum atomic E-state index is -0.333. The number of anilines is 2. The normalized spacial score (nSPS) is 10.2. The molecule has 1 aromatic carbocycles. The molecule has 0 atom stereocenters. The summed E-state index contributed by atoms with van der Waals surface area (Å²) in [5.74, 6) is -0.619. The summed E-state index contributed by atoms with van der Waals surface area (Å²) in [5, 5.41) is 5.72. The first-order valence-electron chi connectivity index (χ1n) is 5.92. The Morgan fingerprint density at radius 1 is 1.30 bits per heavy atom. The average molecular weight is 385 g/mol. The molecule has 0 fully saturated rings. The van der Waals surface area contributed by atoms with Crippen LogP contribution in [0.1, 0.15) is 16.1 Å². The molecular weight excluding hydrogens is 372 g/mol. The van der Waals surface area contributed by atoms with Crippen molar-refractivity contribution >= 4 is 39.9 Å². The fourth-order valence-electron chi connectivity index (χ4n) is 1.73. The molecule has 0 saturated heterocycles. The highest BCUT2D eigenvalue weighted by atomic mass is 127. The molecule has 4 nitrogen and oxygen atoms in total. The van der Waals surface area contributed by atoms with Crippen molar-refractivity contribution in [2.75, 3.05) is 17.7 Å². The van der Waals surface area contributed by atoms with E-state index in [0.29, 0.717) is 20.5 Å². The number of hydrogen-bond acceptors (Lipinski definition) is 3. The van der Waals surface area contributed by atoms with Crippen LogP contribution >= 0.6 is 22.6 Å².